The van der Waals surface area contributed by atoms with E-state index in [1.807, 2.05) is 43.4 Å². The van der Waals surface area contributed by atoms with Crippen molar-refractivity contribution in [3.05, 3.63) is 85.1 Å². The van der Waals surface area contributed by atoms with E-state index in [-0.39, 0.29) is 12.8 Å². The van der Waals surface area contributed by atoms with Gasteiger partial charge in [-0.3, -0.25) is 23.4 Å². The van der Waals surface area contributed by atoms with Gasteiger partial charge in [0.25, 0.3) is 0 Å². The van der Waals surface area contributed by atoms with Crippen molar-refractivity contribution in [3.63, 3.8) is 0 Å². The summed E-state index contributed by atoms with van der Waals surface area (Å²) in [7, 11) is -4.76. The molecular formula is C44H72NO12P. The Morgan fingerprint density at radius 2 is 1.19 bits per heavy atom. The number of hydrogen-bond donors (Lipinski definition) is 5. The lowest BCUT2D eigenvalue weighted by molar-refractivity contribution is -0.161. The highest BCUT2D eigenvalue weighted by Gasteiger charge is 2.28. The number of aliphatic hydroxyl groups excluding tert-OH is 2. The highest BCUT2D eigenvalue weighted by molar-refractivity contribution is 7.47. The number of aliphatic hydroxyl groups is 2. The Balaban J connectivity index is 4.64. The molecule has 0 saturated heterocycles. The fourth-order valence-corrected chi connectivity index (χ4v) is 5.74. The first kappa shape index (κ1) is 54.6. The summed E-state index contributed by atoms with van der Waals surface area (Å²) < 4.78 is 32.5. The minimum Gasteiger partial charge on any atom is -0.480 e. The Labute approximate surface area is 347 Å². The zero-order valence-corrected chi connectivity index (χ0v) is 35.7. The van der Waals surface area contributed by atoms with Gasteiger partial charge < -0.3 is 35.4 Å². The second-order valence-electron chi connectivity index (χ2n) is 13.8. The molecule has 0 fully saturated rings. The summed E-state index contributed by atoms with van der Waals surface area (Å²) >= 11 is 0. The van der Waals surface area contributed by atoms with Crippen LogP contribution in [0, 0.1) is 0 Å². The number of phosphoric ester groups is 1. The molecule has 1 unspecified atom stereocenters. The molecule has 0 aromatic rings. The molecule has 0 aromatic heterocycles. The van der Waals surface area contributed by atoms with Gasteiger partial charge in [-0.25, -0.2) is 4.57 Å². The molecule has 0 aliphatic heterocycles. The van der Waals surface area contributed by atoms with Gasteiger partial charge in [0.15, 0.2) is 6.10 Å². The van der Waals surface area contributed by atoms with Crippen molar-refractivity contribution in [1.29, 1.82) is 0 Å². The van der Waals surface area contributed by atoms with Crippen molar-refractivity contribution in [1.82, 2.24) is 0 Å². The van der Waals surface area contributed by atoms with Crippen molar-refractivity contribution in [3.8, 4) is 0 Å². The first-order valence-corrected chi connectivity index (χ1v) is 22.3. The second-order valence-corrected chi connectivity index (χ2v) is 15.2. The van der Waals surface area contributed by atoms with Crippen LogP contribution in [0.1, 0.15) is 129 Å². The summed E-state index contributed by atoms with van der Waals surface area (Å²) in [5.74, 6) is -2.59. The zero-order chi connectivity index (χ0) is 43.1. The van der Waals surface area contributed by atoms with Gasteiger partial charge in [-0.1, -0.05) is 137 Å². The topological polar surface area (TPSA) is 212 Å². The van der Waals surface area contributed by atoms with Crippen LogP contribution in [0.5, 0.6) is 0 Å². The number of unbranched alkanes of at least 4 members (excludes halogenated alkanes) is 9. The molecule has 0 aliphatic rings. The molecular weight excluding hydrogens is 765 g/mol. The number of aliphatic carboxylic acids is 1. The molecule has 13 nitrogen and oxygen atoms in total. The number of phosphoric acid groups is 1. The Morgan fingerprint density at radius 3 is 1.81 bits per heavy atom. The highest BCUT2D eigenvalue weighted by atomic mass is 31.2. The third kappa shape index (κ3) is 36.9. The Hall–Kier alpha value is -3.42. The largest absolute Gasteiger partial charge is 0.480 e. The summed E-state index contributed by atoms with van der Waals surface area (Å²) in [5.41, 5.74) is 5.31. The van der Waals surface area contributed by atoms with Crippen molar-refractivity contribution < 1.29 is 57.7 Å². The first-order chi connectivity index (χ1) is 27.9. The highest BCUT2D eigenvalue weighted by Crippen LogP contribution is 2.43. The standard InChI is InChI=1S/C44H72NO12P/c1-3-5-7-8-9-10-11-12-13-14-15-20-28-34-43(49)57-40(36-55-58(52,53)56-37-41(45)44(50)51)35-54-42(48)33-27-19-17-16-18-24-30-39(47)32-26-22-21-25-31-38(46)29-23-6-4-2/h6,10-11,17-19,21-26,31-32,38-41,46-47H,3-5,7-9,12-16,20,27-30,33-37,45H2,1-2H3,(H,50,51)(H,52,53)/b11-10-,19-17-,22-21-,23-6-,24-18-,31-25+,32-26+/t38-,39+,40-,41+/m1/s1. The molecule has 14 heteroatoms. The molecule has 0 radical (unpaired) electrons. The lowest BCUT2D eigenvalue weighted by Crippen LogP contribution is -2.34. The second kappa shape index (κ2) is 37.8. The van der Waals surface area contributed by atoms with Crippen LogP contribution in [0.15, 0.2) is 85.1 Å². The molecule has 0 amide bonds. The monoisotopic (exact) mass is 837 g/mol. The number of allylic oxidation sites excluding steroid dienone is 10. The van der Waals surface area contributed by atoms with E-state index in [4.69, 9.17) is 24.8 Å². The van der Waals surface area contributed by atoms with Gasteiger partial charge in [0.1, 0.15) is 12.6 Å². The van der Waals surface area contributed by atoms with E-state index >= 15 is 0 Å². The van der Waals surface area contributed by atoms with Gasteiger partial charge in [-0.2, -0.15) is 0 Å². The SMILES string of the molecule is CC/C=C\C[C@@H](O)/C=C/C=C\C=C\[C@@H](O)C/C=C\C/C=C\CCC(=O)OC[C@H](COP(=O)(O)OC[C@H](N)C(=O)O)OC(=O)CCCCCCC/C=C\CCCCCC. The van der Waals surface area contributed by atoms with Crippen LogP contribution in [0.3, 0.4) is 0 Å². The minimum atomic E-state index is -4.76. The van der Waals surface area contributed by atoms with Crippen LogP contribution in [-0.2, 0) is 37.5 Å². The smallest absolute Gasteiger partial charge is 0.472 e. The van der Waals surface area contributed by atoms with Crippen LogP contribution in [0.4, 0.5) is 0 Å². The predicted octanol–water partition coefficient (Wildman–Crippen LogP) is 8.66. The lowest BCUT2D eigenvalue weighted by atomic mass is 10.1. The molecule has 5 atom stereocenters. The molecule has 0 rings (SSSR count). The number of carbonyl (C=O) groups is 3. The average molecular weight is 838 g/mol. The van der Waals surface area contributed by atoms with Crippen LogP contribution >= 0.6 is 7.82 Å². The number of ether oxygens (including phenoxy) is 2. The van der Waals surface area contributed by atoms with Gasteiger partial charge in [-0.15, -0.1) is 0 Å². The van der Waals surface area contributed by atoms with E-state index in [9.17, 15) is 34.1 Å². The summed E-state index contributed by atoms with van der Waals surface area (Å²) in [6, 6.07) is -1.55. The fraction of sp³-hybridized carbons (Fsp3) is 0.614. The van der Waals surface area contributed by atoms with Crippen LogP contribution in [0.2, 0.25) is 0 Å². The number of rotatable bonds is 37. The van der Waals surface area contributed by atoms with Gasteiger partial charge in [0, 0.05) is 12.8 Å². The number of carboxylic acid groups (broad SMARTS) is 1. The molecule has 58 heavy (non-hydrogen) atoms. The maximum atomic E-state index is 12.6. The lowest BCUT2D eigenvalue weighted by Gasteiger charge is -2.20. The number of carbonyl (C=O) groups excluding carboxylic acids is 2. The van der Waals surface area contributed by atoms with E-state index in [1.54, 1.807) is 36.5 Å². The number of hydrogen-bond acceptors (Lipinski definition) is 11. The van der Waals surface area contributed by atoms with Crippen molar-refractivity contribution in [2.75, 3.05) is 19.8 Å². The summed E-state index contributed by atoms with van der Waals surface area (Å²) in [4.78, 5) is 45.8. The van der Waals surface area contributed by atoms with Crippen LogP contribution in [-0.4, -0.2) is 82.3 Å². The molecule has 6 N–H and O–H groups in total. The van der Waals surface area contributed by atoms with Gasteiger partial charge in [0.2, 0.25) is 0 Å². The molecule has 0 aliphatic carbocycles. The van der Waals surface area contributed by atoms with Gasteiger partial charge in [0.05, 0.1) is 25.4 Å². The van der Waals surface area contributed by atoms with E-state index in [2.05, 4.69) is 23.6 Å². The first-order valence-electron chi connectivity index (χ1n) is 20.8. The Kier molecular flexibility index (Phi) is 35.6. The fourth-order valence-electron chi connectivity index (χ4n) is 4.96. The van der Waals surface area contributed by atoms with Crippen LogP contribution in [0.25, 0.3) is 0 Å². The normalized spacial score (nSPS) is 15.7. The maximum Gasteiger partial charge on any atom is 0.472 e. The predicted molar refractivity (Wildman–Crippen MR) is 229 cm³/mol. The maximum absolute atomic E-state index is 12.6. The molecule has 0 aromatic carbocycles. The van der Waals surface area contributed by atoms with E-state index in [0.717, 1.165) is 44.9 Å². The number of esters is 2. The van der Waals surface area contributed by atoms with Gasteiger partial charge >= 0.3 is 25.7 Å². The van der Waals surface area contributed by atoms with Gasteiger partial charge in [-0.05, 0) is 64.2 Å². The van der Waals surface area contributed by atoms with Crippen molar-refractivity contribution in [2.45, 2.75) is 154 Å². The molecule has 330 valence electrons. The van der Waals surface area contributed by atoms with E-state index < -0.39 is 69.9 Å². The third-order valence-electron chi connectivity index (χ3n) is 8.31. The number of carboxylic acids is 1. The van der Waals surface area contributed by atoms with E-state index in [1.165, 1.54) is 25.7 Å². The third-order valence-corrected chi connectivity index (χ3v) is 9.26. The van der Waals surface area contributed by atoms with Crippen molar-refractivity contribution in [2.24, 2.45) is 5.73 Å². The van der Waals surface area contributed by atoms with Crippen LogP contribution < -0.4 is 5.73 Å². The summed E-state index contributed by atoms with van der Waals surface area (Å²) in [6.45, 7) is 2.38. The quantitative estimate of drug-likeness (QED) is 0.0130. The summed E-state index contributed by atoms with van der Waals surface area (Å²) in [6.07, 6.45) is 38.7. The molecule has 0 bridgehead atoms. The average Bonchev–Trinajstić information content (AvgIpc) is 3.19. The van der Waals surface area contributed by atoms with E-state index in [0.29, 0.717) is 32.1 Å². The summed E-state index contributed by atoms with van der Waals surface area (Å²) in [5, 5.41) is 28.8. The zero-order valence-electron chi connectivity index (χ0n) is 34.8. The molecule has 0 spiro atoms. The number of nitrogens with two attached hydrogens (primary N) is 1. The van der Waals surface area contributed by atoms with Crippen molar-refractivity contribution >= 4 is 25.7 Å². The minimum absolute atomic E-state index is 0.0340. The molecule has 0 heterocycles. The Morgan fingerprint density at radius 1 is 0.638 bits per heavy atom. The Bertz CT molecular complexity index is 1340. The molecule has 0 saturated carbocycles.